The van der Waals surface area contributed by atoms with Crippen LogP contribution >= 0.6 is 11.3 Å². The van der Waals surface area contributed by atoms with Crippen LogP contribution in [0.1, 0.15) is 23.5 Å². The maximum atomic E-state index is 9.00. The lowest BCUT2D eigenvalue weighted by atomic mass is 10.2. The van der Waals surface area contributed by atoms with Crippen molar-refractivity contribution in [2.45, 2.75) is 13.0 Å². The van der Waals surface area contributed by atoms with Crippen LogP contribution in [0, 0.1) is 11.3 Å². The van der Waals surface area contributed by atoms with E-state index in [-0.39, 0.29) is 6.04 Å². The smallest absolute Gasteiger partial charge is 0.183 e. The standard InChI is InChI=1S/C12H12N4S/c1-9(11-4-3-7-17-11)16(2)12-10(8-13)14-5-6-15-12/h3-7,9H,1-2H3. The predicted molar refractivity (Wildman–Crippen MR) is 67.9 cm³/mol. The van der Waals surface area contributed by atoms with E-state index in [4.69, 9.17) is 5.26 Å². The van der Waals surface area contributed by atoms with Crippen LogP contribution in [0.3, 0.4) is 0 Å². The lowest BCUT2D eigenvalue weighted by Gasteiger charge is -2.25. The zero-order valence-corrected chi connectivity index (χ0v) is 10.5. The van der Waals surface area contributed by atoms with Crippen molar-refractivity contribution in [2.75, 3.05) is 11.9 Å². The van der Waals surface area contributed by atoms with Gasteiger partial charge in [0.15, 0.2) is 11.5 Å². The summed E-state index contributed by atoms with van der Waals surface area (Å²) in [6.07, 6.45) is 3.14. The number of rotatable bonds is 3. The van der Waals surface area contributed by atoms with Crippen molar-refractivity contribution in [3.63, 3.8) is 0 Å². The molecule has 17 heavy (non-hydrogen) atoms. The number of nitriles is 1. The molecular weight excluding hydrogens is 232 g/mol. The number of hydrogen-bond donors (Lipinski definition) is 0. The Bertz CT molecular complexity index is 530. The van der Waals surface area contributed by atoms with Crippen LogP contribution < -0.4 is 4.90 Å². The SMILES string of the molecule is CC(c1cccs1)N(C)c1nccnc1C#N. The zero-order chi connectivity index (χ0) is 12.3. The topological polar surface area (TPSA) is 52.8 Å². The highest BCUT2D eigenvalue weighted by molar-refractivity contribution is 7.10. The molecule has 2 heterocycles. The Kier molecular flexibility index (Phi) is 3.35. The van der Waals surface area contributed by atoms with Gasteiger partial charge in [-0.3, -0.25) is 0 Å². The fourth-order valence-corrected chi connectivity index (χ4v) is 2.40. The van der Waals surface area contributed by atoms with Crippen LogP contribution in [0.4, 0.5) is 5.82 Å². The second kappa shape index (κ2) is 4.93. The van der Waals surface area contributed by atoms with Gasteiger partial charge in [-0.05, 0) is 18.4 Å². The van der Waals surface area contributed by atoms with Gasteiger partial charge in [-0.1, -0.05) is 6.07 Å². The minimum Gasteiger partial charge on any atom is -0.350 e. The summed E-state index contributed by atoms with van der Waals surface area (Å²) in [6, 6.07) is 6.34. The van der Waals surface area contributed by atoms with Gasteiger partial charge in [0, 0.05) is 24.3 Å². The molecule has 4 nitrogen and oxygen atoms in total. The minimum absolute atomic E-state index is 0.179. The largest absolute Gasteiger partial charge is 0.350 e. The quantitative estimate of drug-likeness (QED) is 0.832. The third-order valence-electron chi connectivity index (χ3n) is 2.65. The Morgan fingerprint density at radius 1 is 1.41 bits per heavy atom. The van der Waals surface area contributed by atoms with E-state index in [9.17, 15) is 0 Å². The lowest BCUT2D eigenvalue weighted by Crippen LogP contribution is -2.23. The van der Waals surface area contributed by atoms with Gasteiger partial charge in [-0.15, -0.1) is 11.3 Å². The summed E-state index contributed by atoms with van der Waals surface area (Å²) >= 11 is 1.69. The maximum absolute atomic E-state index is 9.00. The van der Waals surface area contributed by atoms with Crippen molar-refractivity contribution < 1.29 is 0 Å². The third-order valence-corrected chi connectivity index (χ3v) is 3.70. The average Bonchev–Trinajstić information content (AvgIpc) is 2.90. The van der Waals surface area contributed by atoms with E-state index in [1.165, 1.54) is 11.1 Å². The maximum Gasteiger partial charge on any atom is 0.183 e. The van der Waals surface area contributed by atoms with Gasteiger partial charge >= 0.3 is 0 Å². The van der Waals surface area contributed by atoms with Gasteiger partial charge in [0.05, 0.1) is 6.04 Å². The van der Waals surface area contributed by atoms with Gasteiger partial charge in [-0.25, -0.2) is 9.97 Å². The summed E-state index contributed by atoms with van der Waals surface area (Å²) in [5.41, 5.74) is 0.360. The Hall–Kier alpha value is -1.93. The van der Waals surface area contributed by atoms with Crippen molar-refractivity contribution in [1.82, 2.24) is 9.97 Å². The van der Waals surface area contributed by atoms with E-state index in [2.05, 4.69) is 29.0 Å². The number of aromatic nitrogens is 2. The molecule has 0 fully saturated rings. The summed E-state index contributed by atoms with van der Waals surface area (Å²) in [4.78, 5) is 11.5. The van der Waals surface area contributed by atoms with Crippen molar-refractivity contribution in [1.29, 1.82) is 5.26 Å². The van der Waals surface area contributed by atoms with Gasteiger partial charge in [0.25, 0.3) is 0 Å². The summed E-state index contributed by atoms with van der Waals surface area (Å²) < 4.78 is 0. The average molecular weight is 244 g/mol. The normalized spacial score (nSPS) is 11.8. The van der Waals surface area contributed by atoms with Crippen molar-refractivity contribution >= 4 is 17.2 Å². The van der Waals surface area contributed by atoms with E-state index in [0.717, 1.165) is 0 Å². The molecule has 0 radical (unpaired) electrons. The van der Waals surface area contributed by atoms with Crippen LogP contribution in [-0.4, -0.2) is 17.0 Å². The van der Waals surface area contributed by atoms with Crippen molar-refractivity contribution in [2.24, 2.45) is 0 Å². The Morgan fingerprint density at radius 3 is 2.82 bits per heavy atom. The van der Waals surface area contributed by atoms with Crippen LogP contribution in [0.5, 0.6) is 0 Å². The Balaban J connectivity index is 2.31. The van der Waals surface area contributed by atoms with Gasteiger partial charge in [-0.2, -0.15) is 5.26 Å². The highest BCUT2D eigenvalue weighted by Gasteiger charge is 2.17. The first-order valence-electron chi connectivity index (χ1n) is 5.21. The van der Waals surface area contributed by atoms with Gasteiger partial charge in [0.1, 0.15) is 6.07 Å². The van der Waals surface area contributed by atoms with Crippen molar-refractivity contribution in [3.05, 3.63) is 40.5 Å². The summed E-state index contributed by atoms with van der Waals surface area (Å²) in [6.45, 7) is 2.08. The first-order chi connectivity index (χ1) is 8.24. The fourth-order valence-electron chi connectivity index (χ4n) is 1.57. The number of hydrogen-bond acceptors (Lipinski definition) is 5. The summed E-state index contributed by atoms with van der Waals surface area (Å²) in [5, 5.41) is 11.0. The lowest BCUT2D eigenvalue weighted by molar-refractivity contribution is 0.737. The molecule has 5 heteroatoms. The molecule has 2 rings (SSSR count). The zero-order valence-electron chi connectivity index (χ0n) is 9.66. The summed E-state index contributed by atoms with van der Waals surface area (Å²) in [7, 11) is 1.93. The number of nitrogens with zero attached hydrogens (tertiary/aromatic N) is 4. The molecule has 0 aliphatic heterocycles. The highest BCUT2D eigenvalue weighted by Crippen LogP contribution is 2.27. The first kappa shape index (κ1) is 11.6. The molecule has 1 atom stereocenters. The molecule has 0 amide bonds. The molecule has 0 aliphatic carbocycles. The first-order valence-corrected chi connectivity index (χ1v) is 6.09. The molecule has 0 spiro atoms. The number of anilines is 1. The van der Waals surface area contributed by atoms with E-state index in [0.29, 0.717) is 11.5 Å². The molecule has 0 aromatic carbocycles. The van der Waals surface area contributed by atoms with Crippen LogP contribution in [-0.2, 0) is 0 Å². The monoisotopic (exact) mass is 244 g/mol. The third kappa shape index (κ3) is 2.27. The molecule has 86 valence electrons. The second-order valence-electron chi connectivity index (χ2n) is 3.64. The molecule has 2 aromatic heterocycles. The Morgan fingerprint density at radius 2 is 2.18 bits per heavy atom. The van der Waals surface area contributed by atoms with Crippen LogP contribution in [0.25, 0.3) is 0 Å². The Labute approximate surface area is 104 Å². The second-order valence-corrected chi connectivity index (χ2v) is 4.62. The van der Waals surface area contributed by atoms with Crippen LogP contribution in [0.15, 0.2) is 29.9 Å². The highest BCUT2D eigenvalue weighted by atomic mass is 32.1. The molecule has 0 bridgehead atoms. The van der Waals surface area contributed by atoms with Gasteiger partial charge < -0.3 is 4.90 Å². The van der Waals surface area contributed by atoms with E-state index >= 15 is 0 Å². The fraction of sp³-hybridized carbons (Fsp3) is 0.250. The van der Waals surface area contributed by atoms with Crippen molar-refractivity contribution in [3.8, 4) is 6.07 Å². The van der Waals surface area contributed by atoms with Crippen LogP contribution in [0.2, 0.25) is 0 Å². The molecule has 1 unspecified atom stereocenters. The molecule has 2 aromatic rings. The minimum atomic E-state index is 0.179. The summed E-state index contributed by atoms with van der Waals surface area (Å²) in [5.74, 6) is 0.621. The van der Waals surface area contributed by atoms with E-state index in [1.807, 2.05) is 23.4 Å². The molecule has 0 N–H and O–H groups in total. The van der Waals surface area contributed by atoms with Gasteiger partial charge in [0.2, 0.25) is 0 Å². The number of thiophene rings is 1. The van der Waals surface area contributed by atoms with E-state index < -0.39 is 0 Å². The molecule has 0 saturated carbocycles. The van der Waals surface area contributed by atoms with E-state index in [1.54, 1.807) is 17.5 Å². The molecular formula is C12H12N4S. The molecule has 0 saturated heterocycles. The predicted octanol–water partition coefficient (Wildman–Crippen LogP) is 2.61. The molecule has 0 aliphatic rings.